The molecule has 0 bridgehead atoms. The van der Waals surface area contributed by atoms with Crippen LogP contribution in [0.4, 0.5) is 5.69 Å². The normalized spacial score (nSPS) is 16.9. The van der Waals surface area contributed by atoms with Crippen LogP contribution in [0.3, 0.4) is 0 Å². The highest BCUT2D eigenvalue weighted by atomic mass is 16.2. The molecule has 0 aromatic heterocycles. The summed E-state index contributed by atoms with van der Waals surface area (Å²) in [4.78, 5) is 17.1. The number of rotatable bonds is 5. The summed E-state index contributed by atoms with van der Waals surface area (Å²) < 4.78 is 0. The van der Waals surface area contributed by atoms with Crippen LogP contribution in [0.15, 0.2) is 60.7 Å². The Morgan fingerprint density at radius 3 is 2.36 bits per heavy atom. The topological polar surface area (TPSA) is 35.6 Å². The molecule has 1 unspecified atom stereocenters. The summed E-state index contributed by atoms with van der Waals surface area (Å²) in [6, 6.07) is 20.7. The summed E-state index contributed by atoms with van der Waals surface area (Å²) in [5, 5.41) is 3.11. The first-order valence-electron chi connectivity index (χ1n) is 9.09. The summed E-state index contributed by atoms with van der Waals surface area (Å²) in [7, 11) is 0. The van der Waals surface area contributed by atoms with Gasteiger partial charge in [0.2, 0.25) is 5.91 Å². The molecule has 25 heavy (non-hydrogen) atoms. The molecular weight excluding hydrogens is 310 g/mol. The molecule has 1 fully saturated rings. The molecule has 3 rings (SSSR count). The fourth-order valence-electron chi connectivity index (χ4n) is 3.34. The summed E-state index contributed by atoms with van der Waals surface area (Å²) in [6.07, 6.45) is 1.08. The van der Waals surface area contributed by atoms with E-state index in [0.29, 0.717) is 6.54 Å². The van der Waals surface area contributed by atoms with Gasteiger partial charge < -0.3 is 10.2 Å². The molecule has 1 atom stereocenters. The minimum absolute atomic E-state index is 0.0431. The van der Waals surface area contributed by atoms with Gasteiger partial charge in [0, 0.05) is 31.9 Å². The van der Waals surface area contributed by atoms with Crippen LogP contribution in [-0.2, 0) is 4.79 Å². The Labute approximate surface area is 150 Å². The number of amides is 1. The maximum Gasteiger partial charge on any atom is 0.234 e. The van der Waals surface area contributed by atoms with E-state index >= 15 is 0 Å². The standard InChI is InChI=1S/C21H27N3O/c1-18(19-9-4-2-5-10-19)22-21(25)17-23-13-8-14-24(16-15-23)20-11-6-3-7-12-20/h2-7,9-12,18H,8,13-17H2,1H3,(H,22,25). The van der Waals surface area contributed by atoms with E-state index in [2.05, 4.69) is 51.5 Å². The number of hydrogen-bond acceptors (Lipinski definition) is 3. The molecule has 0 spiro atoms. The van der Waals surface area contributed by atoms with Crippen molar-refractivity contribution in [2.24, 2.45) is 0 Å². The first kappa shape index (κ1) is 17.5. The van der Waals surface area contributed by atoms with Gasteiger partial charge in [0.15, 0.2) is 0 Å². The van der Waals surface area contributed by atoms with E-state index in [1.54, 1.807) is 0 Å². The molecule has 2 aromatic carbocycles. The zero-order valence-electron chi connectivity index (χ0n) is 14.9. The van der Waals surface area contributed by atoms with Crippen molar-refractivity contribution >= 4 is 11.6 Å². The highest BCUT2D eigenvalue weighted by Gasteiger charge is 2.18. The van der Waals surface area contributed by atoms with E-state index in [1.807, 2.05) is 31.2 Å². The Hall–Kier alpha value is -2.33. The fraction of sp³-hybridized carbons (Fsp3) is 0.381. The largest absolute Gasteiger partial charge is 0.370 e. The Balaban J connectivity index is 1.49. The van der Waals surface area contributed by atoms with Crippen LogP contribution in [0.25, 0.3) is 0 Å². The number of para-hydroxylation sites is 1. The SMILES string of the molecule is CC(NC(=O)CN1CCCN(c2ccccc2)CC1)c1ccccc1. The van der Waals surface area contributed by atoms with Gasteiger partial charge in [0.05, 0.1) is 12.6 Å². The van der Waals surface area contributed by atoms with Crippen LogP contribution in [0, 0.1) is 0 Å². The molecule has 0 saturated carbocycles. The lowest BCUT2D eigenvalue weighted by molar-refractivity contribution is -0.122. The van der Waals surface area contributed by atoms with Gasteiger partial charge >= 0.3 is 0 Å². The summed E-state index contributed by atoms with van der Waals surface area (Å²) in [5.41, 5.74) is 2.41. The predicted octanol–water partition coefficient (Wildman–Crippen LogP) is 3.08. The van der Waals surface area contributed by atoms with Crippen LogP contribution in [0.5, 0.6) is 0 Å². The molecule has 2 aromatic rings. The maximum atomic E-state index is 12.4. The number of carbonyl (C=O) groups is 1. The van der Waals surface area contributed by atoms with E-state index in [9.17, 15) is 4.79 Å². The molecule has 1 amide bonds. The van der Waals surface area contributed by atoms with E-state index in [-0.39, 0.29) is 11.9 Å². The quantitative estimate of drug-likeness (QED) is 0.911. The first-order chi connectivity index (χ1) is 12.2. The predicted molar refractivity (Wildman–Crippen MR) is 103 cm³/mol. The number of nitrogens with zero attached hydrogens (tertiary/aromatic N) is 2. The second-order valence-corrected chi connectivity index (χ2v) is 6.65. The highest BCUT2D eigenvalue weighted by Crippen LogP contribution is 2.16. The average Bonchev–Trinajstić information content (AvgIpc) is 2.88. The van der Waals surface area contributed by atoms with Gasteiger partial charge in [0.1, 0.15) is 0 Å². The minimum atomic E-state index is 0.0431. The Kier molecular flexibility index (Phi) is 6.07. The molecule has 1 aliphatic heterocycles. The van der Waals surface area contributed by atoms with Gasteiger partial charge in [-0.1, -0.05) is 48.5 Å². The average molecular weight is 337 g/mol. The van der Waals surface area contributed by atoms with Crippen molar-refractivity contribution in [1.82, 2.24) is 10.2 Å². The van der Waals surface area contributed by atoms with Crippen LogP contribution >= 0.6 is 0 Å². The van der Waals surface area contributed by atoms with E-state index in [1.165, 1.54) is 5.69 Å². The number of carbonyl (C=O) groups excluding carboxylic acids is 1. The Morgan fingerprint density at radius 2 is 1.64 bits per heavy atom. The van der Waals surface area contributed by atoms with Crippen LogP contribution in [0.1, 0.15) is 24.9 Å². The Bertz CT molecular complexity index is 659. The van der Waals surface area contributed by atoms with Crippen molar-refractivity contribution in [2.75, 3.05) is 37.6 Å². The van der Waals surface area contributed by atoms with E-state index in [4.69, 9.17) is 0 Å². The zero-order chi connectivity index (χ0) is 17.5. The molecular formula is C21H27N3O. The third-order valence-electron chi connectivity index (χ3n) is 4.75. The lowest BCUT2D eigenvalue weighted by atomic mass is 10.1. The summed E-state index contributed by atoms with van der Waals surface area (Å²) in [6.45, 7) is 6.40. The summed E-state index contributed by atoms with van der Waals surface area (Å²) >= 11 is 0. The number of benzene rings is 2. The molecule has 1 saturated heterocycles. The van der Waals surface area contributed by atoms with Crippen LogP contribution in [0.2, 0.25) is 0 Å². The minimum Gasteiger partial charge on any atom is -0.370 e. The van der Waals surface area contributed by atoms with Crippen LogP contribution < -0.4 is 10.2 Å². The van der Waals surface area contributed by atoms with Crippen molar-refractivity contribution in [1.29, 1.82) is 0 Å². The van der Waals surface area contributed by atoms with Gasteiger partial charge in [-0.05, 0) is 31.0 Å². The van der Waals surface area contributed by atoms with Gasteiger partial charge in [-0.3, -0.25) is 9.69 Å². The number of nitrogens with one attached hydrogen (secondary N) is 1. The van der Waals surface area contributed by atoms with E-state index < -0.39 is 0 Å². The smallest absolute Gasteiger partial charge is 0.234 e. The molecule has 0 aliphatic carbocycles. The second-order valence-electron chi connectivity index (χ2n) is 6.65. The fourth-order valence-corrected chi connectivity index (χ4v) is 3.34. The van der Waals surface area contributed by atoms with Gasteiger partial charge in [-0.2, -0.15) is 0 Å². The van der Waals surface area contributed by atoms with E-state index in [0.717, 1.165) is 38.2 Å². The first-order valence-corrected chi connectivity index (χ1v) is 9.09. The lowest BCUT2D eigenvalue weighted by Gasteiger charge is -2.24. The molecule has 4 nitrogen and oxygen atoms in total. The second kappa shape index (κ2) is 8.67. The Morgan fingerprint density at radius 1 is 0.960 bits per heavy atom. The molecule has 1 aliphatic rings. The van der Waals surface area contributed by atoms with Gasteiger partial charge in [-0.25, -0.2) is 0 Å². The third kappa shape index (κ3) is 5.07. The number of hydrogen-bond donors (Lipinski definition) is 1. The summed E-state index contributed by atoms with van der Waals surface area (Å²) in [5.74, 6) is 0.101. The van der Waals surface area contributed by atoms with Gasteiger partial charge in [-0.15, -0.1) is 0 Å². The zero-order valence-corrected chi connectivity index (χ0v) is 14.9. The molecule has 0 radical (unpaired) electrons. The van der Waals surface area contributed by atoms with Crippen molar-refractivity contribution < 1.29 is 4.79 Å². The van der Waals surface area contributed by atoms with Crippen molar-refractivity contribution in [3.63, 3.8) is 0 Å². The maximum absolute atomic E-state index is 12.4. The molecule has 1 heterocycles. The van der Waals surface area contributed by atoms with Crippen molar-refractivity contribution in [3.05, 3.63) is 66.2 Å². The van der Waals surface area contributed by atoms with Crippen molar-refractivity contribution in [3.8, 4) is 0 Å². The molecule has 1 N–H and O–H groups in total. The molecule has 132 valence electrons. The third-order valence-corrected chi connectivity index (χ3v) is 4.75. The highest BCUT2D eigenvalue weighted by molar-refractivity contribution is 5.78. The van der Waals surface area contributed by atoms with Crippen molar-refractivity contribution in [2.45, 2.75) is 19.4 Å². The monoisotopic (exact) mass is 337 g/mol. The molecule has 4 heteroatoms. The van der Waals surface area contributed by atoms with Crippen LogP contribution in [-0.4, -0.2) is 43.5 Å². The van der Waals surface area contributed by atoms with Gasteiger partial charge in [0.25, 0.3) is 0 Å². The lowest BCUT2D eigenvalue weighted by Crippen LogP contribution is -2.40. The number of anilines is 1.